The molecule has 4 heteroatoms. The molecule has 2 aromatic rings. The second-order valence-electron chi connectivity index (χ2n) is 3.37. The molecule has 2 rings (SSSR count). The van der Waals surface area contributed by atoms with Gasteiger partial charge in [0.1, 0.15) is 5.82 Å². The maximum absolute atomic E-state index is 4.24. The van der Waals surface area contributed by atoms with E-state index < -0.39 is 0 Å². The number of aryl methyl sites for hydroxylation is 2. The lowest BCUT2D eigenvalue weighted by atomic mass is 10.3. The van der Waals surface area contributed by atoms with Crippen molar-refractivity contribution in [3.05, 3.63) is 40.0 Å². The summed E-state index contributed by atoms with van der Waals surface area (Å²) in [6.45, 7) is 4.90. The standard InChI is InChI=1S/C11H13N3S/c1-8-3-6-15-10(8)7-14-11-9(2)12-4-5-13-11/h3-6H,7H2,1-2H3,(H,13,14). The van der Waals surface area contributed by atoms with Crippen molar-refractivity contribution in [3.63, 3.8) is 0 Å². The zero-order valence-electron chi connectivity index (χ0n) is 8.82. The highest BCUT2D eigenvalue weighted by atomic mass is 32.1. The summed E-state index contributed by atoms with van der Waals surface area (Å²) >= 11 is 1.76. The molecule has 0 aliphatic carbocycles. The molecule has 0 bridgehead atoms. The average Bonchev–Trinajstić information content (AvgIpc) is 2.63. The Hall–Kier alpha value is -1.42. The Morgan fingerprint density at radius 1 is 1.27 bits per heavy atom. The normalized spacial score (nSPS) is 10.3. The quantitative estimate of drug-likeness (QED) is 0.862. The molecule has 0 fully saturated rings. The highest BCUT2D eigenvalue weighted by molar-refractivity contribution is 7.10. The summed E-state index contributed by atoms with van der Waals surface area (Å²) in [5.74, 6) is 0.866. The van der Waals surface area contributed by atoms with Crippen LogP contribution in [0.1, 0.15) is 16.1 Å². The third-order valence-electron chi connectivity index (χ3n) is 2.27. The van der Waals surface area contributed by atoms with Crippen LogP contribution in [-0.4, -0.2) is 9.97 Å². The molecular formula is C11H13N3S. The summed E-state index contributed by atoms with van der Waals surface area (Å²) in [4.78, 5) is 9.77. The van der Waals surface area contributed by atoms with E-state index in [1.54, 1.807) is 23.7 Å². The lowest BCUT2D eigenvalue weighted by Crippen LogP contribution is -2.03. The van der Waals surface area contributed by atoms with Crippen molar-refractivity contribution in [2.75, 3.05) is 5.32 Å². The Kier molecular flexibility index (Phi) is 2.97. The van der Waals surface area contributed by atoms with E-state index in [-0.39, 0.29) is 0 Å². The van der Waals surface area contributed by atoms with Gasteiger partial charge in [0, 0.05) is 17.3 Å². The molecule has 0 aromatic carbocycles. The largest absolute Gasteiger partial charge is 0.364 e. The van der Waals surface area contributed by atoms with Gasteiger partial charge in [0.15, 0.2) is 0 Å². The maximum atomic E-state index is 4.24. The molecule has 0 spiro atoms. The molecule has 2 aromatic heterocycles. The molecule has 3 nitrogen and oxygen atoms in total. The van der Waals surface area contributed by atoms with E-state index in [9.17, 15) is 0 Å². The number of hydrogen-bond acceptors (Lipinski definition) is 4. The topological polar surface area (TPSA) is 37.8 Å². The molecule has 0 unspecified atom stereocenters. The van der Waals surface area contributed by atoms with Gasteiger partial charge < -0.3 is 5.32 Å². The van der Waals surface area contributed by atoms with Gasteiger partial charge >= 0.3 is 0 Å². The van der Waals surface area contributed by atoms with E-state index in [1.807, 2.05) is 6.92 Å². The van der Waals surface area contributed by atoms with Gasteiger partial charge in [-0.3, -0.25) is 4.98 Å². The molecule has 0 amide bonds. The van der Waals surface area contributed by atoms with Crippen molar-refractivity contribution in [1.29, 1.82) is 0 Å². The Bertz CT molecular complexity index is 451. The predicted octanol–water partition coefficient (Wildman–Crippen LogP) is 2.77. The molecule has 0 aliphatic heterocycles. The zero-order chi connectivity index (χ0) is 10.7. The maximum Gasteiger partial charge on any atom is 0.147 e. The van der Waals surface area contributed by atoms with Crippen LogP contribution in [0.4, 0.5) is 5.82 Å². The van der Waals surface area contributed by atoms with Gasteiger partial charge in [-0.1, -0.05) is 0 Å². The first-order valence-electron chi connectivity index (χ1n) is 4.82. The van der Waals surface area contributed by atoms with Crippen molar-refractivity contribution in [2.45, 2.75) is 20.4 Å². The molecule has 15 heavy (non-hydrogen) atoms. The van der Waals surface area contributed by atoms with Crippen LogP contribution >= 0.6 is 11.3 Å². The minimum Gasteiger partial charge on any atom is -0.364 e. The monoisotopic (exact) mass is 219 g/mol. The van der Waals surface area contributed by atoms with Crippen molar-refractivity contribution in [3.8, 4) is 0 Å². The number of anilines is 1. The van der Waals surface area contributed by atoms with E-state index in [0.29, 0.717) is 0 Å². The number of aromatic nitrogens is 2. The summed E-state index contributed by atoms with van der Waals surface area (Å²) in [5, 5.41) is 5.40. The van der Waals surface area contributed by atoms with Gasteiger partial charge in [0.05, 0.1) is 12.2 Å². The third kappa shape index (κ3) is 2.33. The smallest absolute Gasteiger partial charge is 0.147 e. The summed E-state index contributed by atoms with van der Waals surface area (Å²) in [6.07, 6.45) is 3.41. The first-order chi connectivity index (χ1) is 7.27. The van der Waals surface area contributed by atoms with E-state index in [1.165, 1.54) is 10.4 Å². The van der Waals surface area contributed by atoms with E-state index in [0.717, 1.165) is 18.1 Å². The zero-order valence-corrected chi connectivity index (χ0v) is 9.64. The van der Waals surface area contributed by atoms with E-state index in [2.05, 4.69) is 33.7 Å². The fraction of sp³-hybridized carbons (Fsp3) is 0.273. The molecular weight excluding hydrogens is 206 g/mol. The van der Waals surface area contributed by atoms with Gasteiger partial charge in [0.2, 0.25) is 0 Å². The molecule has 0 saturated carbocycles. The summed E-state index contributed by atoms with van der Waals surface area (Å²) in [5.41, 5.74) is 2.26. The molecule has 0 atom stereocenters. The predicted molar refractivity (Wildman–Crippen MR) is 63.2 cm³/mol. The summed E-state index contributed by atoms with van der Waals surface area (Å²) < 4.78 is 0. The van der Waals surface area contributed by atoms with Crippen molar-refractivity contribution in [2.24, 2.45) is 0 Å². The summed E-state index contributed by atoms with van der Waals surface area (Å²) in [7, 11) is 0. The van der Waals surface area contributed by atoms with Crippen LogP contribution in [0, 0.1) is 13.8 Å². The first kappa shape index (κ1) is 10.1. The lowest BCUT2D eigenvalue weighted by molar-refractivity contribution is 1.06. The highest BCUT2D eigenvalue weighted by Crippen LogP contribution is 2.17. The van der Waals surface area contributed by atoms with Crippen molar-refractivity contribution >= 4 is 17.2 Å². The van der Waals surface area contributed by atoms with Crippen molar-refractivity contribution < 1.29 is 0 Å². The number of thiophene rings is 1. The molecule has 0 radical (unpaired) electrons. The lowest BCUT2D eigenvalue weighted by Gasteiger charge is -2.06. The number of nitrogens with zero attached hydrogens (tertiary/aromatic N) is 2. The second-order valence-corrected chi connectivity index (χ2v) is 4.37. The first-order valence-corrected chi connectivity index (χ1v) is 5.70. The van der Waals surface area contributed by atoms with Crippen LogP contribution in [0.3, 0.4) is 0 Å². The Labute approximate surface area is 93.2 Å². The minimum atomic E-state index is 0.822. The van der Waals surface area contributed by atoms with Gasteiger partial charge in [-0.25, -0.2) is 4.98 Å². The fourth-order valence-corrected chi connectivity index (χ4v) is 2.18. The van der Waals surface area contributed by atoms with E-state index >= 15 is 0 Å². The number of rotatable bonds is 3. The molecule has 0 aliphatic rings. The van der Waals surface area contributed by atoms with Gasteiger partial charge in [-0.15, -0.1) is 11.3 Å². The van der Waals surface area contributed by atoms with Gasteiger partial charge in [-0.05, 0) is 30.9 Å². The van der Waals surface area contributed by atoms with Crippen LogP contribution in [0.25, 0.3) is 0 Å². The molecule has 2 heterocycles. The van der Waals surface area contributed by atoms with Crippen LogP contribution in [0.5, 0.6) is 0 Å². The highest BCUT2D eigenvalue weighted by Gasteiger charge is 2.02. The van der Waals surface area contributed by atoms with Gasteiger partial charge in [-0.2, -0.15) is 0 Å². The fourth-order valence-electron chi connectivity index (χ4n) is 1.33. The molecule has 0 saturated heterocycles. The number of nitrogens with one attached hydrogen (secondary N) is 1. The van der Waals surface area contributed by atoms with Crippen LogP contribution in [-0.2, 0) is 6.54 Å². The summed E-state index contributed by atoms with van der Waals surface area (Å²) in [6, 6.07) is 2.13. The van der Waals surface area contributed by atoms with Crippen LogP contribution in [0.15, 0.2) is 23.8 Å². The SMILES string of the molecule is Cc1ccsc1CNc1nccnc1C. The third-order valence-corrected chi connectivity index (χ3v) is 3.29. The Morgan fingerprint density at radius 3 is 2.73 bits per heavy atom. The van der Waals surface area contributed by atoms with Crippen LogP contribution < -0.4 is 5.32 Å². The number of hydrogen-bond donors (Lipinski definition) is 1. The van der Waals surface area contributed by atoms with Crippen LogP contribution in [0.2, 0.25) is 0 Å². The second kappa shape index (κ2) is 4.40. The van der Waals surface area contributed by atoms with Crippen molar-refractivity contribution in [1.82, 2.24) is 9.97 Å². The Morgan fingerprint density at radius 2 is 2.07 bits per heavy atom. The molecule has 78 valence electrons. The Balaban J connectivity index is 2.06. The van der Waals surface area contributed by atoms with E-state index in [4.69, 9.17) is 0 Å². The molecule has 1 N–H and O–H groups in total. The average molecular weight is 219 g/mol. The van der Waals surface area contributed by atoms with Gasteiger partial charge in [0.25, 0.3) is 0 Å². The minimum absolute atomic E-state index is 0.822.